The van der Waals surface area contributed by atoms with Gasteiger partial charge in [-0.15, -0.1) is 0 Å². The monoisotopic (exact) mass is 370 g/mol. The number of ether oxygens (including phenoxy) is 1. The number of likely N-dealkylation sites (tertiary alicyclic amines) is 1. The van der Waals surface area contributed by atoms with Crippen molar-refractivity contribution in [2.24, 2.45) is 5.92 Å². The number of rotatable bonds is 7. The highest BCUT2D eigenvalue weighted by Crippen LogP contribution is 2.16. The van der Waals surface area contributed by atoms with Gasteiger partial charge in [-0.3, -0.25) is 14.5 Å². The Morgan fingerprint density at radius 1 is 1.19 bits per heavy atom. The van der Waals surface area contributed by atoms with Crippen molar-refractivity contribution in [1.82, 2.24) is 10.2 Å². The quantitative estimate of drug-likeness (QED) is 0.599. The van der Waals surface area contributed by atoms with Gasteiger partial charge in [0.1, 0.15) is 11.7 Å². The van der Waals surface area contributed by atoms with Crippen LogP contribution in [0.3, 0.4) is 0 Å². The van der Waals surface area contributed by atoms with Gasteiger partial charge in [-0.1, -0.05) is 30.3 Å². The zero-order valence-electron chi connectivity index (χ0n) is 15.6. The molecular formula is C21H26N2O4. The largest absolute Gasteiger partial charge is 0.469 e. The molecule has 2 aromatic rings. The standard InChI is InChI=1S/C21H26N2O4/c1-26-21(25)19(14-18-8-5-13-27-18)20(24)22-17-9-11-23(12-10-17)15-16-6-3-2-4-7-16/h2-8,13,17,19H,9-12,14-15H2,1H3,(H,22,24). The fraction of sp³-hybridized carbons (Fsp3) is 0.429. The number of amides is 1. The molecule has 0 bridgehead atoms. The zero-order chi connectivity index (χ0) is 19.1. The van der Waals surface area contributed by atoms with Crippen LogP contribution in [-0.2, 0) is 27.3 Å². The molecule has 2 heterocycles. The van der Waals surface area contributed by atoms with Crippen molar-refractivity contribution < 1.29 is 18.7 Å². The van der Waals surface area contributed by atoms with E-state index in [2.05, 4.69) is 22.3 Å². The minimum Gasteiger partial charge on any atom is -0.469 e. The Kier molecular flexibility index (Phi) is 6.65. The third kappa shape index (κ3) is 5.44. The van der Waals surface area contributed by atoms with Crippen molar-refractivity contribution in [2.75, 3.05) is 20.2 Å². The van der Waals surface area contributed by atoms with Crippen molar-refractivity contribution in [3.05, 3.63) is 60.1 Å². The second-order valence-electron chi connectivity index (χ2n) is 6.90. The smallest absolute Gasteiger partial charge is 0.318 e. The van der Waals surface area contributed by atoms with E-state index in [0.717, 1.165) is 32.5 Å². The van der Waals surface area contributed by atoms with Crippen molar-refractivity contribution in [3.63, 3.8) is 0 Å². The minimum absolute atomic E-state index is 0.0771. The fourth-order valence-electron chi connectivity index (χ4n) is 3.43. The zero-order valence-corrected chi connectivity index (χ0v) is 15.6. The molecule has 0 spiro atoms. The number of methoxy groups -OCH3 is 1. The molecule has 0 saturated carbocycles. The van der Waals surface area contributed by atoms with E-state index in [-0.39, 0.29) is 18.4 Å². The SMILES string of the molecule is COC(=O)C(Cc1ccco1)C(=O)NC1CCN(Cc2ccccc2)CC1. The van der Waals surface area contributed by atoms with Crippen molar-refractivity contribution >= 4 is 11.9 Å². The molecule has 0 radical (unpaired) electrons. The van der Waals surface area contributed by atoms with Gasteiger partial charge in [-0.2, -0.15) is 0 Å². The highest BCUT2D eigenvalue weighted by molar-refractivity contribution is 5.98. The summed E-state index contributed by atoms with van der Waals surface area (Å²) in [5, 5.41) is 3.02. The molecule has 1 fully saturated rings. The average Bonchev–Trinajstić information content (AvgIpc) is 3.21. The Balaban J connectivity index is 1.50. The third-order valence-corrected chi connectivity index (χ3v) is 4.97. The molecule has 1 N–H and O–H groups in total. The maximum atomic E-state index is 12.6. The molecule has 6 nitrogen and oxygen atoms in total. The molecule has 3 rings (SSSR count). The minimum atomic E-state index is -0.886. The Hall–Kier alpha value is -2.60. The summed E-state index contributed by atoms with van der Waals surface area (Å²) in [5.74, 6) is -1.12. The molecule has 6 heteroatoms. The first kappa shape index (κ1) is 19.2. The maximum absolute atomic E-state index is 12.6. The first-order chi connectivity index (χ1) is 13.2. The van der Waals surface area contributed by atoms with Gasteiger partial charge in [0.2, 0.25) is 5.91 Å². The summed E-state index contributed by atoms with van der Waals surface area (Å²) >= 11 is 0. The molecule has 144 valence electrons. The van der Waals surface area contributed by atoms with Gasteiger partial charge in [0, 0.05) is 32.1 Å². The van der Waals surface area contributed by atoms with Gasteiger partial charge < -0.3 is 14.5 Å². The van der Waals surface area contributed by atoms with E-state index in [1.807, 2.05) is 18.2 Å². The van der Waals surface area contributed by atoms with Gasteiger partial charge in [-0.05, 0) is 30.5 Å². The molecule has 1 aliphatic heterocycles. The average molecular weight is 370 g/mol. The number of piperidine rings is 1. The Bertz CT molecular complexity index is 722. The lowest BCUT2D eigenvalue weighted by molar-refractivity contribution is -0.150. The van der Waals surface area contributed by atoms with Crippen molar-refractivity contribution in [3.8, 4) is 0 Å². The maximum Gasteiger partial charge on any atom is 0.318 e. The molecule has 1 atom stereocenters. The van der Waals surface area contributed by atoms with Gasteiger partial charge >= 0.3 is 5.97 Å². The van der Waals surface area contributed by atoms with Crippen LogP contribution in [0.2, 0.25) is 0 Å². The van der Waals surface area contributed by atoms with Crippen LogP contribution in [0.5, 0.6) is 0 Å². The summed E-state index contributed by atoms with van der Waals surface area (Å²) in [4.78, 5) is 27.1. The molecule has 1 amide bonds. The van der Waals surface area contributed by atoms with Crippen LogP contribution in [0.25, 0.3) is 0 Å². The van der Waals surface area contributed by atoms with Gasteiger partial charge in [0.15, 0.2) is 0 Å². The van der Waals surface area contributed by atoms with Gasteiger partial charge in [0.25, 0.3) is 0 Å². The number of benzene rings is 1. The third-order valence-electron chi connectivity index (χ3n) is 4.97. The van der Waals surface area contributed by atoms with E-state index in [9.17, 15) is 9.59 Å². The first-order valence-corrected chi connectivity index (χ1v) is 9.32. The lowest BCUT2D eigenvalue weighted by Crippen LogP contribution is -2.47. The lowest BCUT2D eigenvalue weighted by Gasteiger charge is -2.32. The summed E-state index contributed by atoms with van der Waals surface area (Å²) in [6, 6.07) is 13.9. The second kappa shape index (κ2) is 9.37. The summed E-state index contributed by atoms with van der Waals surface area (Å²) in [6.45, 7) is 2.76. The first-order valence-electron chi connectivity index (χ1n) is 9.32. The van der Waals surface area contributed by atoms with Crippen LogP contribution >= 0.6 is 0 Å². The molecule has 0 aliphatic carbocycles. The van der Waals surface area contributed by atoms with Crippen LogP contribution in [0.15, 0.2) is 53.1 Å². The molecular weight excluding hydrogens is 344 g/mol. The number of nitrogens with zero attached hydrogens (tertiary/aromatic N) is 1. The number of carbonyl (C=O) groups is 2. The van der Waals surface area contributed by atoms with Crippen LogP contribution in [0.4, 0.5) is 0 Å². The lowest BCUT2D eigenvalue weighted by atomic mass is 9.99. The van der Waals surface area contributed by atoms with E-state index in [1.54, 1.807) is 12.1 Å². The second-order valence-corrected chi connectivity index (χ2v) is 6.90. The molecule has 1 aromatic heterocycles. The van der Waals surface area contributed by atoms with Crippen LogP contribution < -0.4 is 5.32 Å². The molecule has 1 aliphatic rings. The molecule has 27 heavy (non-hydrogen) atoms. The number of hydrogen-bond acceptors (Lipinski definition) is 5. The highest BCUT2D eigenvalue weighted by atomic mass is 16.5. The summed E-state index contributed by atoms with van der Waals surface area (Å²) in [7, 11) is 1.30. The van der Waals surface area contributed by atoms with Gasteiger partial charge in [0.05, 0.1) is 13.4 Å². The highest BCUT2D eigenvalue weighted by Gasteiger charge is 2.31. The van der Waals surface area contributed by atoms with E-state index >= 15 is 0 Å². The van der Waals surface area contributed by atoms with Crippen LogP contribution in [-0.4, -0.2) is 43.0 Å². The number of nitrogens with one attached hydrogen (secondary N) is 1. The predicted molar refractivity (Wildman–Crippen MR) is 101 cm³/mol. The van der Waals surface area contributed by atoms with Crippen LogP contribution in [0.1, 0.15) is 24.2 Å². The van der Waals surface area contributed by atoms with E-state index in [0.29, 0.717) is 5.76 Å². The van der Waals surface area contributed by atoms with Crippen LogP contribution in [0, 0.1) is 5.92 Å². The summed E-state index contributed by atoms with van der Waals surface area (Å²) in [6.07, 6.45) is 3.48. The molecule has 1 unspecified atom stereocenters. The number of hydrogen-bond donors (Lipinski definition) is 1. The van der Waals surface area contributed by atoms with E-state index < -0.39 is 11.9 Å². The number of carbonyl (C=O) groups excluding carboxylic acids is 2. The Labute approximate surface area is 159 Å². The summed E-state index contributed by atoms with van der Waals surface area (Å²) in [5.41, 5.74) is 1.30. The molecule has 1 saturated heterocycles. The Morgan fingerprint density at radius 3 is 2.56 bits per heavy atom. The van der Waals surface area contributed by atoms with E-state index in [4.69, 9.17) is 9.15 Å². The topological polar surface area (TPSA) is 71.8 Å². The number of furan rings is 1. The fourth-order valence-corrected chi connectivity index (χ4v) is 3.43. The van der Waals surface area contributed by atoms with E-state index in [1.165, 1.54) is 18.9 Å². The predicted octanol–water partition coefficient (Wildman–Crippen LogP) is 2.39. The van der Waals surface area contributed by atoms with Crippen molar-refractivity contribution in [2.45, 2.75) is 31.8 Å². The van der Waals surface area contributed by atoms with Crippen molar-refractivity contribution in [1.29, 1.82) is 0 Å². The van der Waals surface area contributed by atoms with Gasteiger partial charge in [-0.25, -0.2) is 0 Å². The normalized spacial score (nSPS) is 16.6. The number of esters is 1. The molecule has 1 aromatic carbocycles. The Morgan fingerprint density at radius 2 is 1.93 bits per heavy atom. The summed E-state index contributed by atoms with van der Waals surface area (Å²) < 4.78 is 10.1.